The topological polar surface area (TPSA) is 36.1 Å². The van der Waals surface area contributed by atoms with Gasteiger partial charge in [0.2, 0.25) is 0 Å². The van der Waals surface area contributed by atoms with E-state index in [0.717, 1.165) is 72.9 Å². The van der Waals surface area contributed by atoms with E-state index in [9.17, 15) is 0 Å². The summed E-state index contributed by atoms with van der Waals surface area (Å²) in [6.45, 7) is 2.22. The molecule has 4 heteroatoms. The molecule has 0 fully saturated rings. The first-order valence-electron chi connectivity index (χ1n) is 20.2. The molecule has 0 saturated heterocycles. The van der Waals surface area contributed by atoms with E-state index in [1.54, 1.807) is 0 Å². The normalized spacial score (nSPS) is 14.9. The van der Waals surface area contributed by atoms with Crippen molar-refractivity contribution in [2.45, 2.75) is 19.3 Å². The number of fused-ring (bicyclic) bond motifs is 19. The van der Waals surface area contributed by atoms with Crippen LogP contribution in [0.5, 0.6) is 0 Å². The third kappa shape index (κ3) is 4.29. The maximum Gasteiger partial charge on any atom is 0.137 e. The van der Waals surface area contributed by atoms with Crippen LogP contribution in [-0.2, 0) is 0 Å². The summed E-state index contributed by atoms with van der Waals surface area (Å²) in [6, 6.07) is 47.8. The highest BCUT2D eigenvalue weighted by molar-refractivity contribution is 6.25. The van der Waals surface area contributed by atoms with Gasteiger partial charge in [0.15, 0.2) is 0 Å². The molecule has 0 amide bonds. The fourth-order valence-electron chi connectivity index (χ4n) is 10.6. The van der Waals surface area contributed by atoms with E-state index < -0.39 is 0 Å². The number of allylic oxidation sites excluding steroid dienone is 5. The summed E-state index contributed by atoms with van der Waals surface area (Å²) in [5.74, 6) is 2.91. The van der Waals surface area contributed by atoms with Gasteiger partial charge in [-0.15, -0.1) is 6.42 Å². The summed E-state index contributed by atoms with van der Waals surface area (Å²) in [6.07, 6.45) is 17.8. The summed E-state index contributed by atoms with van der Waals surface area (Å²) in [5.41, 5.74) is 16.7. The number of hydrogen-bond donors (Lipinski definition) is 0. The Balaban J connectivity index is 1.18. The predicted molar refractivity (Wildman–Crippen MR) is 245 cm³/mol. The molecule has 2 aliphatic rings. The number of terminal acetylenes is 1. The molecule has 0 spiro atoms. The largest absolute Gasteiger partial charge is 0.456 e. The van der Waals surface area contributed by atoms with Crippen LogP contribution in [0.2, 0.25) is 0 Å². The lowest BCUT2D eigenvalue weighted by molar-refractivity contribution is 0.668. The molecule has 0 aliphatic heterocycles. The third-order valence-corrected chi connectivity index (χ3v) is 12.9. The molecule has 0 saturated carbocycles. The maximum absolute atomic E-state index is 6.49. The predicted octanol–water partition coefficient (Wildman–Crippen LogP) is 14.6. The number of benzene rings is 7. The summed E-state index contributed by atoms with van der Waals surface area (Å²) in [7, 11) is 0. The quantitative estimate of drug-likeness (QED) is 0.168. The zero-order valence-corrected chi connectivity index (χ0v) is 32.2. The van der Waals surface area contributed by atoms with Crippen LogP contribution in [-0.4, -0.2) is 9.13 Å². The van der Waals surface area contributed by atoms with Crippen LogP contribution >= 0.6 is 0 Å². The summed E-state index contributed by atoms with van der Waals surface area (Å²) in [4.78, 5) is 0. The summed E-state index contributed by atoms with van der Waals surface area (Å²) >= 11 is 0. The first-order chi connectivity index (χ1) is 29.2. The van der Waals surface area contributed by atoms with Gasteiger partial charge in [-0.1, -0.05) is 103 Å². The van der Waals surface area contributed by atoms with Gasteiger partial charge >= 0.3 is 0 Å². The van der Waals surface area contributed by atoms with Crippen LogP contribution in [0.4, 0.5) is 0 Å². The summed E-state index contributed by atoms with van der Waals surface area (Å²) < 4.78 is 17.9. The molecule has 7 aromatic carbocycles. The van der Waals surface area contributed by atoms with Crippen LogP contribution in [0.15, 0.2) is 167 Å². The second-order valence-electron chi connectivity index (χ2n) is 15.9. The van der Waals surface area contributed by atoms with Gasteiger partial charge in [0.1, 0.15) is 22.3 Å². The Morgan fingerprint density at radius 2 is 1.20 bits per heavy atom. The Hall–Kier alpha value is -7.74. The van der Waals surface area contributed by atoms with Gasteiger partial charge < -0.3 is 18.0 Å². The van der Waals surface area contributed by atoms with Crippen LogP contribution in [0, 0.1) is 19.3 Å². The molecule has 59 heavy (non-hydrogen) atoms. The van der Waals surface area contributed by atoms with Crippen molar-refractivity contribution >= 4 is 88.1 Å². The molecule has 0 radical (unpaired) electrons. The van der Waals surface area contributed by atoms with E-state index in [0.29, 0.717) is 0 Å². The molecular weight excluding hydrogens is 721 g/mol. The highest BCUT2D eigenvalue weighted by Gasteiger charge is 2.39. The Labute approximate surface area is 339 Å². The fraction of sp³-hybridized carbons (Fsp3) is 0.0545. The number of hydrogen-bond acceptors (Lipinski definition) is 2. The molecular formula is C55H34N2O2. The Bertz CT molecular complexity index is 3790. The maximum atomic E-state index is 6.49. The highest BCUT2D eigenvalue weighted by Crippen LogP contribution is 2.58. The Kier molecular flexibility index (Phi) is 6.52. The van der Waals surface area contributed by atoms with Crippen molar-refractivity contribution in [1.82, 2.24) is 9.13 Å². The lowest BCUT2D eigenvalue weighted by Crippen LogP contribution is -2.16. The molecule has 13 rings (SSSR count). The minimum absolute atomic E-state index is 0.102. The minimum Gasteiger partial charge on any atom is -0.456 e. The van der Waals surface area contributed by atoms with Crippen molar-refractivity contribution < 1.29 is 8.83 Å². The second kappa shape index (κ2) is 11.9. The summed E-state index contributed by atoms with van der Waals surface area (Å²) in [5, 5.41) is 9.35. The number of rotatable bonds is 3. The molecule has 2 aliphatic carbocycles. The molecule has 1 atom stereocenters. The van der Waals surface area contributed by atoms with Crippen molar-refractivity contribution in [3.63, 3.8) is 0 Å². The number of nitrogens with zero attached hydrogens (tertiary/aromatic N) is 2. The first-order valence-corrected chi connectivity index (χ1v) is 20.2. The molecule has 1 unspecified atom stereocenters. The van der Waals surface area contributed by atoms with Gasteiger partial charge in [0, 0.05) is 95.2 Å². The zero-order valence-electron chi connectivity index (χ0n) is 32.2. The molecule has 4 nitrogen and oxygen atoms in total. The van der Waals surface area contributed by atoms with Crippen molar-refractivity contribution in [2.24, 2.45) is 0 Å². The van der Waals surface area contributed by atoms with E-state index in [-0.39, 0.29) is 5.92 Å². The molecule has 276 valence electrons. The van der Waals surface area contributed by atoms with Gasteiger partial charge in [-0.2, -0.15) is 0 Å². The molecule has 0 N–H and O–H groups in total. The van der Waals surface area contributed by atoms with Crippen molar-refractivity contribution in [3.8, 4) is 34.8 Å². The van der Waals surface area contributed by atoms with E-state index in [1.165, 1.54) is 60.5 Å². The first kappa shape index (κ1) is 32.4. The van der Waals surface area contributed by atoms with Crippen LogP contribution < -0.4 is 0 Å². The molecule has 4 heterocycles. The van der Waals surface area contributed by atoms with E-state index >= 15 is 0 Å². The van der Waals surface area contributed by atoms with Gasteiger partial charge in [-0.3, -0.25) is 0 Å². The second-order valence-corrected chi connectivity index (χ2v) is 15.9. The zero-order chi connectivity index (χ0) is 38.9. The molecule has 0 bridgehead atoms. The number of furan rings is 2. The van der Waals surface area contributed by atoms with Crippen LogP contribution in [0.1, 0.15) is 34.9 Å². The monoisotopic (exact) mass is 754 g/mol. The van der Waals surface area contributed by atoms with E-state index in [2.05, 4.69) is 162 Å². The fourth-order valence-corrected chi connectivity index (χ4v) is 10.6. The SMILES string of the molecule is C#C/C=C\c1c(C)n(-c2ccc3c(c2)oc2ccccc23)c2c1c1c(c3ccccc32)-c2c(n(-c3ccc4c(c3)oc3ccccc34)c3ccccc23)C2CC=CC=C12. The number of para-hydroxylation sites is 3. The van der Waals surface area contributed by atoms with Gasteiger partial charge in [-0.25, -0.2) is 0 Å². The molecule has 11 aromatic rings. The third-order valence-electron chi connectivity index (χ3n) is 12.9. The van der Waals surface area contributed by atoms with Crippen molar-refractivity contribution in [3.05, 3.63) is 180 Å². The van der Waals surface area contributed by atoms with Gasteiger partial charge in [0.25, 0.3) is 0 Å². The van der Waals surface area contributed by atoms with Crippen molar-refractivity contribution in [2.75, 3.05) is 0 Å². The lowest BCUT2D eigenvalue weighted by Gasteiger charge is -2.33. The average Bonchev–Trinajstić information content (AvgIpc) is 4.02. The minimum atomic E-state index is 0.102. The van der Waals surface area contributed by atoms with Crippen LogP contribution in [0.25, 0.3) is 111 Å². The molecule has 4 aromatic heterocycles. The van der Waals surface area contributed by atoms with E-state index in [4.69, 9.17) is 15.3 Å². The average molecular weight is 755 g/mol. The number of aromatic nitrogens is 2. The lowest BCUT2D eigenvalue weighted by atomic mass is 9.71. The standard InChI is InChI=1S/C55H34N2O2/c1-3-4-15-35-32(2)56(33-26-28-38-36-16-10-13-24-46(36)58-48(38)30-33)54-42-20-7-5-18-40(42)51-50(52(35)54)41-19-6-8-21-43(41)55-53(51)44-22-9-12-23-45(44)57(55)34-27-29-39-37-17-11-14-25-47(37)59-49(39)31-34/h1,4-20,22-31,43H,21H2,2H3/b15-4-. The van der Waals surface area contributed by atoms with Gasteiger partial charge in [0.05, 0.1) is 11.0 Å². The Morgan fingerprint density at radius 1 is 0.610 bits per heavy atom. The van der Waals surface area contributed by atoms with E-state index in [1.807, 2.05) is 24.3 Å². The highest BCUT2D eigenvalue weighted by atomic mass is 16.3. The smallest absolute Gasteiger partial charge is 0.137 e. The van der Waals surface area contributed by atoms with Crippen molar-refractivity contribution in [1.29, 1.82) is 0 Å². The Morgan fingerprint density at radius 3 is 1.90 bits per heavy atom. The van der Waals surface area contributed by atoms with Crippen LogP contribution in [0.3, 0.4) is 0 Å². The van der Waals surface area contributed by atoms with Gasteiger partial charge in [-0.05, 0) is 84.5 Å².